The minimum Gasteiger partial charge on any atom is -0.454 e. The Morgan fingerprint density at radius 3 is 2.62 bits per heavy atom. The Morgan fingerprint density at radius 1 is 1.31 bits per heavy atom. The van der Waals surface area contributed by atoms with Gasteiger partial charge in [-0.05, 0) is 26.2 Å². The Balaban J connectivity index is 3.38. The fraction of sp³-hybridized carbons (Fsp3) is 0.900. The molecule has 0 saturated heterocycles. The largest absolute Gasteiger partial charge is 0.454 e. The summed E-state index contributed by atoms with van der Waals surface area (Å²) in [5.41, 5.74) is 0. The molecule has 0 aromatic carbocycles. The van der Waals surface area contributed by atoms with Crippen LogP contribution >= 0.6 is 0 Å². The number of hydrogen-bond acceptors (Lipinski definition) is 3. The second kappa shape index (κ2) is 9.52. The summed E-state index contributed by atoms with van der Waals surface area (Å²) in [6.45, 7) is 7.05. The monoisotopic (exact) mass is 187 g/mol. The van der Waals surface area contributed by atoms with Crippen LogP contribution in [0.1, 0.15) is 39.5 Å². The van der Waals surface area contributed by atoms with Gasteiger partial charge in [-0.15, -0.1) is 0 Å². The van der Waals surface area contributed by atoms with Crippen molar-refractivity contribution < 1.29 is 14.3 Å². The van der Waals surface area contributed by atoms with Crippen molar-refractivity contribution in [2.75, 3.05) is 13.2 Å². The van der Waals surface area contributed by atoms with Gasteiger partial charge in [0.1, 0.15) is 6.10 Å². The first kappa shape index (κ1) is 12.4. The van der Waals surface area contributed by atoms with Gasteiger partial charge in [0, 0.05) is 13.2 Å². The van der Waals surface area contributed by atoms with Crippen LogP contribution in [0.5, 0.6) is 0 Å². The molecule has 0 heterocycles. The van der Waals surface area contributed by atoms with Crippen LogP contribution in [0.4, 0.5) is 0 Å². The Bertz CT molecular complexity index is 115. The Labute approximate surface area is 80.4 Å². The Hall–Kier alpha value is -0.570. The lowest BCUT2D eigenvalue weighted by Gasteiger charge is -2.12. The molecule has 0 aliphatic rings. The fourth-order valence-corrected chi connectivity index (χ4v) is 1.21. The minimum atomic E-state index is 0.0305. The van der Waals surface area contributed by atoms with Gasteiger partial charge in [0.05, 0.1) is 0 Å². The van der Waals surface area contributed by atoms with Crippen molar-refractivity contribution in [1.82, 2.24) is 0 Å². The summed E-state index contributed by atoms with van der Waals surface area (Å²) < 4.78 is 9.99. The standard InChI is InChI=1S/C10H19O3/c1-3-6-10(13-9-11)7-5-8-12-4-2/h10H,3-8H2,1-2H3. The highest BCUT2D eigenvalue weighted by molar-refractivity contribution is 5.38. The van der Waals surface area contributed by atoms with Gasteiger partial charge in [0.2, 0.25) is 0 Å². The third-order valence-electron chi connectivity index (χ3n) is 1.84. The van der Waals surface area contributed by atoms with E-state index in [-0.39, 0.29) is 6.10 Å². The molecule has 0 spiro atoms. The normalized spacial score (nSPS) is 12.5. The summed E-state index contributed by atoms with van der Waals surface area (Å²) in [5.74, 6) is 0. The van der Waals surface area contributed by atoms with Gasteiger partial charge in [-0.2, -0.15) is 0 Å². The number of hydrogen-bond donors (Lipinski definition) is 0. The highest BCUT2D eigenvalue weighted by Gasteiger charge is 2.07. The topological polar surface area (TPSA) is 35.5 Å². The molecule has 1 unspecified atom stereocenters. The second-order valence-electron chi connectivity index (χ2n) is 2.95. The quantitative estimate of drug-likeness (QED) is 0.518. The lowest BCUT2D eigenvalue weighted by atomic mass is 10.1. The van der Waals surface area contributed by atoms with Crippen LogP contribution in [0.3, 0.4) is 0 Å². The summed E-state index contributed by atoms with van der Waals surface area (Å²) in [6.07, 6.45) is 3.80. The second-order valence-corrected chi connectivity index (χ2v) is 2.95. The molecule has 1 radical (unpaired) electrons. The molecule has 0 fully saturated rings. The average molecular weight is 187 g/mol. The third kappa shape index (κ3) is 7.78. The maximum Gasteiger partial charge on any atom is 0.417 e. The first-order chi connectivity index (χ1) is 6.35. The van der Waals surface area contributed by atoms with Crippen LogP contribution in [0.2, 0.25) is 0 Å². The van der Waals surface area contributed by atoms with Gasteiger partial charge >= 0.3 is 6.47 Å². The van der Waals surface area contributed by atoms with Gasteiger partial charge in [0.15, 0.2) is 0 Å². The Kier molecular flexibility index (Phi) is 9.10. The van der Waals surface area contributed by atoms with Crippen molar-refractivity contribution in [1.29, 1.82) is 0 Å². The van der Waals surface area contributed by atoms with E-state index in [0.29, 0.717) is 0 Å². The predicted molar refractivity (Wildman–Crippen MR) is 51.2 cm³/mol. The molecule has 0 aromatic heterocycles. The predicted octanol–water partition coefficient (Wildman–Crippen LogP) is 2.06. The molecule has 0 aliphatic carbocycles. The van der Waals surface area contributed by atoms with Gasteiger partial charge in [-0.1, -0.05) is 13.3 Å². The van der Waals surface area contributed by atoms with Crippen LogP contribution in [0.15, 0.2) is 0 Å². The van der Waals surface area contributed by atoms with Gasteiger partial charge in [0.25, 0.3) is 0 Å². The van der Waals surface area contributed by atoms with Crippen LogP contribution in [0, 0.1) is 0 Å². The van der Waals surface area contributed by atoms with Crippen LogP contribution < -0.4 is 0 Å². The maximum absolute atomic E-state index is 10.0. The zero-order valence-electron chi connectivity index (χ0n) is 8.54. The number of rotatable bonds is 9. The van der Waals surface area contributed by atoms with Crippen molar-refractivity contribution in [3.63, 3.8) is 0 Å². The summed E-state index contributed by atoms with van der Waals surface area (Å²) in [5, 5.41) is 0. The SMILES string of the molecule is CCCC(CCCOCC)O[C]=O. The summed E-state index contributed by atoms with van der Waals surface area (Å²) in [4.78, 5) is 10.0. The molecule has 0 saturated carbocycles. The molecule has 0 aliphatic heterocycles. The molecule has 0 amide bonds. The first-order valence-electron chi connectivity index (χ1n) is 4.95. The molecule has 0 aromatic rings. The van der Waals surface area contributed by atoms with E-state index >= 15 is 0 Å². The van der Waals surface area contributed by atoms with E-state index < -0.39 is 0 Å². The Morgan fingerprint density at radius 2 is 2.08 bits per heavy atom. The zero-order valence-corrected chi connectivity index (χ0v) is 8.54. The van der Waals surface area contributed by atoms with E-state index in [4.69, 9.17) is 9.47 Å². The van der Waals surface area contributed by atoms with Crippen molar-refractivity contribution in [2.24, 2.45) is 0 Å². The van der Waals surface area contributed by atoms with E-state index in [2.05, 4.69) is 6.92 Å². The summed E-state index contributed by atoms with van der Waals surface area (Å²) in [7, 11) is 0. The number of carbonyl (C=O) groups excluding carboxylic acids is 1. The first-order valence-corrected chi connectivity index (χ1v) is 4.95. The van der Waals surface area contributed by atoms with Gasteiger partial charge in [-0.25, -0.2) is 4.79 Å². The molecule has 1 atom stereocenters. The molecule has 0 rings (SSSR count). The third-order valence-corrected chi connectivity index (χ3v) is 1.84. The zero-order chi connectivity index (χ0) is 9.94. The molecular formula is C10H19O3. The molecule has 3 nitrogen and oxygen atoms in total. The lowest BCUT2D eigenvalue weighted by molar-refractivity contribution is 0.113. The maximum atomic E-state index is 10.0. The summed E-state index contributed by atoms with van der Waals surface area (Å²) in [6, 6.07) is 0. The van der Waals surface area contributed by atoms with Crippen molar-refractivity contribution in [3.8, 4) is 0 Å². The van der Waals surface area contributed by atoms with Crippen molar-refractivity contribution >= 4 is 6.47 Å². The molecule has 13 heavy (non-hydrogen) atoms. The van der Waals surface area contributed by atoms with E-state index in [1.54, 1.807) is 0 Å². The smallest absolute Gasteiger partial charge is 0.417 e. The van der Waals surface area contributed by atoms with Crippen LogP contribution in [-0.2, 0) is 14.3 Å². The van der Waals surface area contributed by atoms with E-state index in [1.807, 2.05) is 6.92 Å². The highest BCUT2D eigenvalue weighted by atomic mass is 16.5. The van der Waals surface area contributed by atoms with Crippen molar-refractivity contribution in [2.45, 2.75) is 45.6 Å². The van der Waals surface area contributed by atoms with E-state index in [9.17, 15) is 4.79 Å². The fourth-order valence-electron chi connectivity index (χ4n) is 1.21. The molecule has 0 bridgehead atoms. The summed E-state index contributed by atoms with van der Waals surface area (Å²) >= 11 is 0. The van der Waals surface area contributed by atoms with Crippen molar-refractivity contribution in [3.05, 3.63) is 0 Å². The number of ether oxygens (including phenoxy) is 2. The van der Waals surface area contributed by atoms with E-state index in [0.717, 1.165) is 38.9 Å². The van der Waals surface area contributed by atoms with Gasteiger partial charge < -0.3 is 9.47 Å². The average Bonchev–Trinajstić information content (AvgIpc) is 2.13. The van der Waals surface area contributed by atoms with Gasteiger partial charge in [-0.3, -0.25) is 0 Å². The molecule has 0 N–H and O–H groups in total. The molecule has 77 valence electrons. The highest BCUT2D eigenvalue weighted by Crippen LogP contribution is 2.08. The van der Waals surface area contributed by atoms with Crippen LogP contribution in [0.25, 0.3) is 0 Å². The van der Waals surface area contributed by atoms with Crippen LogP contribution in [-0.4, -0.2) is 25.8 Å². The minimum absolute atomic E-state index is 0.0305. The van der Waals surface area contributed by atoms with E-state index in [1.165, 1.54) is 6.47 Å². The lowest BCUT2D eigenvalue weighted by Crippen LogP contribution is -2.12. The molecular weight excluding hydrogens is 168 g/mol. The molecule has 3 heteroatoms.